The number of H-pyrrole nitrogens is 1. The SMILES string of the molecule is C=CCNC(=O)c1cc(=O)[nH]c(Cc2ccc(OC)cc2)n1. The van der Waals surface area contributed by atoms with E-state index < -0.39 is 5.91 Å². The Hall–Kier alpha value is -2.89. The molecule has 0 aliphatic carbocycles. The minimum atomic E-state index is -0.401. The van der Waals surface area contributed by atoms with Gasteiger partial charge in [0.1, 0.15) is 17.3 Å². The number of amides is 1. The van der Waals surface area contributed by atoms with Crippen molar-refractivity contribution in [1.29, 1.82) is 0 Å². The van der Waals surface area contributed by atoms with Crippen LogP contribution in [0.25, 0.3) is 0 Å². The topological polar surface area (TPSA) is 84.1 Å². The molecule has 0 saturated heterocycles. The van der Waals surface area contributed by atoms with Crippen molar-refractivity contribution < 1.29 is 9.53 Å². The van der Waals surface area contributed by atoms with Crippen LogP contribution in [0.15, 0.2) is 47.8 Å². The number of rotatable bonds is 6. The third kappa shape index (κ3) is 4.05. The lowest BCUT2D eigenvalue weighted by molar-refractivity contribution is 0.0952. The number of nitrogens with one attached hydrogen (secondary N) is 2. The molecule has 2 N–H and O–H groups in total. The van der Waals surface area contributed by atoms with Crippen LogP contribution in [0.1, 0.15) is 21.9 Å². The fraction of sp³-hybridized carbons (Fsp3) is 0.188. The van der Waals surface area contributed by atoms with Gasteiger partial charge in [0.2, 0.25) is 0 Å². The summed E-state index contributed by atoms with van der Waals surface area (Å²) in [4.78, 5) is 30.3. The van der Waals surface area contributed by atoms with E-state index in [1.54, 1.807) is 13.2 Å². The lowest BCUT2D eigenvalue weighted by Crippen LogP contribution is -2.27. The molecule has 1 heterocycles. The number of nitrogens with zero attached hydrogens (tertiary/aromatic N) is 1. The van der Waals surface area contributed by atoms with Crippen molar-refractivity contribution >= 4 is 5.91 Å². The van der Waals surface area contributed by atoms with Crippen molar-refractivity contribution in [1.82, 2.24) is 15.3 Å². The Bertz CT molecular complexity index is 720. The number of aromatic amines is 1. The predicted octanol–water partition coefficient (Wildman–Crippen LogP) is 1.29. The quantitative estimate of drug-likeness (QED) is 0.787. The number of carbonyl (C=O) groups is 1. The maximum atomic E-state index is 11.9. The molecule has 1 amide bonds. The molecular formula is C16H17N3O3. The Morgan fingerprint density at radius 1 is 1.41 bits per heavy atom. The van der Waals surface area contributed by atoms with Gasteiger partial charge in [-0.1, -0.05) is 18.2 Å². The number of aromatic nitrogens is 2. The average Bonchev–Trinajstić information content (AvgIpc) is 2.52. The second-order valence-corrected chi connectivity index (χ2v) is 4.60. The molecule has 0 spiro atoms. The summed E-state index contributed by atoms with van der Waals surface area (Å²) in [6.07, 6.45) is 1.98. The summed E-state index contributed by atoms with van der Waals surface area (Å²) in [7, 11) is 1.60. The number of hydrogen-bond acceptors (Lipinski definition) is 4. The van der Waals surface area contributed by atoms with Crippen molar-refractivity contribution in [3.63, 3.8) is 0 Å². The Kier molecular flexibility index (Phi) is 5.08. The fourth-order valence-electron chi connectivity index (χ4n) is 1.90. The summed E-state index contributed by atoms with van der Waals surface area (Å²) in [5.41, 5.74) is 0.684. The second-order valence-electron chi connectivity index (χ2n) is 4.60. The molecule has 0 atom stereocenters. The van der Waals surface area contributed by atoms with Crippen LogP contribution in [0.4, 0.5) is 0 Å². The number of methoxy groups -OCH3 is 1. The number of hydrogen-bond donors (Lipinski definition) is 2. The molecule has 0 radical (unpaired) electrons. The van der Waals surface area contributed by atoms with Crippen LogP contribution in [-0.4, -0.2) is 29.5 Å². The van der Waals surface area contributed by atoms with Crippen LogP contribution in [0.2, 0.25) is 0 Å². The molecule has 114 valence electrons. The van der Waals surface area contributed by atoms with E-state index in [2.05, 4.69) is 21.9 Å². The predicted molar refractivity (Wildman–Crippen MR) is 83.2 cm³/mol. The average molecular weight is 299 g/mol. The smallest absolute Gasteiger partial charge is 0.270 e. The molecule has 6 heteroatoms. The van der Waals surface area contributed by atoms with Crippen LogP contribution in [0.5, 0.6) is 5.75 Å². The van der Waals surface area contributed by atoms with Gasteiger partial charge in [0.25, 0.3) is 11.5 Å². The highest BCUT2D eigenvalue weighted by Gasteiger charge is 2.09. The monoisotopic (exact) mass is 299 g/mol. The molecule has 1 aromatic heterocycles. The van der Waals surface area contributed by atoms with E-state index in [1.807, 2.05) is 24.3 Å². The van der Waals surface area contributed by atoms with Crippen LogP contribution in [-0.2, 0) is 6.42 Å². The van der Waals surface area contributed by atoms with Crippen LogP contribution in [0, 0.1) is 0 Å². The summed E-state index contributed by atoms with van der Waals surface area (Å²) in [6.45, 7) is 3.84. The molecule has 0 aliphatic heterocycles. The van der Waals surface area contributed by atoms with Gasteiger partial charge in [-0.15, -0.1) is 6.58 Å². The normalized spacial score (nSPS) is 10.0. The largest absolute Gasteiger partial charge is 0.497 e. The van der Waals surface area contributed by atoms with Gasteiger partial charge in [-0.2, -0.15) is 0 Å². The summed E-state index contributed by atoms with van der Waals surface area (Å²) in [5, 5.41) is 2.59. The van der Waals surface area contributed by atoms with Gasteiger partial charge in [-0.25, -0.2) is 4.98 Å². The first-order chi connectivity index (χ1) is 10.6. The highest BCUT2D eigenvalue weighted by Crippen LogP contribution is 2.13. The highest BCUT2D eigenvalue weighted by atomic mass is 16.5. The maximum Gasteiger partial charge on any atom is 0.270 e. The Morgan fingerprint density at radius 2 is 2.14 bits per heavy atom. The van der Waals surface area contributed by atoms with Gasteiger partial charge < -0.3 is 15.0 Å². The maximum absolute atomic E-state index is 11.9. The zero-order valence-electron chi connectivity index (χ0n) is 12.3. The van der Waals surface area contributed by atoms with E-state index in [0.717, 1.165) is 11.3 Å². The standard InChI is InChI=1S/C16H17N3O3/c1-3-8-17-16(21)13-10-15(20)19-14(18-13)9-11-4-6-12(22-2)7-5-11/h3-7,10H,1,8-9H2,2H3,(H,17,21)(H,18,19,20). The van der Waals surface area contributed by atoms with Crippen molar-refractivity contribution in [2.75, 3.05) is 13.7 Å². The minimum Gasteiger partial charge on any atom is -0.497 e. The molecule has 0 unspecified atom stereocenters. The molecular weight excluding hydrogens is 282 g/mol. The lowest BCUT2D eigenvalue weighted by Gasteiger charge is -2.06. The zero-order valence-corrected chi connectivity index (χ0v) is 12.3. The summed E-state index contributed by atoms with van der Waals surface area (Å²) >= 11 is 0. The molecule has 0 bridgehead atoms. The van der Waals surface area contributed by atoms with E-state index in [4.69, 9.17) is 4.74 Å². The van der Waals surface area contributed by atoms with Crippen molar-refractivity contribution in [2.45, 2.75) is 6.42 Å². The number of carbonyl (C=O) groups excluding carboxylic acids is 1. The van der Waals surface area contributed by atoms with Gasteiger partial charge in [0.15, 0.2) is 0 Å². The Morgan fingerprint density at radius 3 is 2.77 bits per heavy atom. The number of benzene rings is 1. The first-order valence-corrected chi connectivity index (χ1v) is 6.74. The summed E-state index contributed by atoms with van der Waals surface area (Å²) < 4.78 is 5.09. The number of ether oxygens (including phenoxy) is 1. The lowest BCUT2D eigenvalue weighted by atomic mass is 10.1. The van der Waals surface area contributed by atoms with Crippen molar-refractivity contribution in [3.8, 4) is 5.75 Å². The van der Waals surface area contributed by atoms with Gasteiger partial charge in [-0.3, -0.25) is 9.59 Å². The summed E-state index contributed by atoms with van der Waals surface area (Å²) in [5.74, 6) is 0.783. The molecule has 22 heavy (non-hydrogen) atoms. The zero-order chi connectivity index (χ0) is 15.9. The third-order valence-corrected chi connectivity index (χ3v) is 2.96. The van der Waals surface area contributed by atoms with Gasteiger partial charge in [-0.05, 0) is 17.7 Å². The first kappa shape index (κ1) is 15.5. The van der Waals surface area contributed by atoms with Crippen LogP contribution >= 0.6 is 0 Å². The highest BCUT2D eigenvalue weighted by molar-refractivity contribution is 5.92. The third-order valence-electron chi connectivity index (χ3n) is 2.96. The van der Waals surface area contributed by atoms with Crippen molar-refractivity contribution in [2.24, 2.45) is 0 Å². The molecule has 2 rings (SSSR count). The molecule has 0 saturated carbocycles. The molecule has 1 aromatic carbocycles. The van der Waals surface area contributed by atoms with Gasteiger partial charge >= 0.3 is 0 Å². The first-order valence-electron chi connectivity index (χ1n) is 6.74. The second kappa shape index (κ2) is 7.21. The van der Waals surface area contributed by atoms with E-state index >= 15 is 0 Å². The van der Waals surface area contributed by atoms with E-state index in [0.29, 0.717) is 18.8 Å². The van der Waals surface area contributed by atoms with Crippen LogP contribution < -0.4 is 15.6 Å². The minimum absolute atomic E-state index is 0.0918. The van der Waals surface area contributed by atoms with Gasteiger partial charge in [0.05, 0.1) is 7.11 Å². The fourth-order valence-corrected chi connectivity index (χ4v) is 1.90. The van der Waals surface area contributed by atoms with Gasteiger partial charge in [0, 0.05) is 19.0 Å². The molecule has 0 fully saturated rings. The summed E-state index contributed by atoms with van der Waals surface area (Å²) in [6, 6.07) is 8.59. The Balaban J connectivity index is 2.19. The molecule has 0 aliphatic rings. The van der Waals surface area contributed by atoms with E-state index in [1.165, 1.54) is 6.07 Å². The Labute approximate surface area is 127 Å². The molecule has 2 aromatic rings. The van der Waals surface area contributed by atoms with Crippen LogP contribution in [0.3, 0.4) is 0 Å². The van der Waals surface area contributed by atoms with Crippen molar-refractivity contribution in [3.05, 3.63) is 70.4 Å². The van der Waals surface area contributed by atoms with E-state index in [-0.39, 0.29) is 11.3 Å². The van der Waals surface area contributed by atoms with E-state index in [9.17, 15) is 9.59 Å². The molecule has 6 nitrogen and oxygen atoms in total.